The topological polar surface area (TPSA) is 77.2 Å². The number of carbonyl (C=O) groups is 1. The molecule has 0 atom stereocenters. The number of nitrogens with one attached hydrogen (secondary N) is 1. The van der Waals surface area contributed by atoms with Crippen molar-refractivity contribution in [3.8, 4) is 0 Å². The molecular formula is C21H24ClN3O2S. The molecule has 1 amide bonds. The number of ether oxygens (including phenoxy) is 1. The van der Waals surface area contributed by atoms with Crippen LogP contribution >= 0.6 is 23.7 Å². The van der Waals surface area contributed by atoms with Crippen LogP contribution in [0.25, 0.3) is 10.2 Å². The van der Waals surface area contributed by atoms with Gasteiger partial charge in [0.1, 0.15) is 0 Å². The molecule has 1 saturated heterocycles. The van der Waals surface area contributed by atoms with E-state index in [1.165, 1.54) is 10.3 Å². The van der Waals surface area contributed by atoms with Gasteiger partial charge in [0.25, 0.3) is 0 Å². The van der Waals surface area contributed by atoms with Crippen LogP contribution in [-0.4, -0.2) is 30.6 Å². The highest BCUT2D eigenvalue weighted by atomic mass is 35.5. The highest BCUT2D eigenvalue weighted by molar-refractivity contribution is 7.18. The maximum absolute atomic E-state index is 12.7. The van der Waals surface area contributed by atoms with E-state index in [9.17, 15) is 4.79 Å². The Kier molecular flexibility index (Phi) is 6.67. The number of carbonyl (C=O) groups excluding carboxylic acids is 1. The molecule has 0 spiro atoms. The zero-order chi connectivity index (χ0) is 18.7. The van der Waals surface area contributed by atoms with E-state index >= 15 is 0 Å². The van der Waals surface area contributed by atoms with Crippen molar-refractivity contribution in [1.82, 2.24) is 4.98 Å². The van der Waals surface area contributed by atoms with Crippen molar-refractivity contribution in [3.63, 3.8) is 0 Å². The Morgan fingerprint density at radius 2 is 1.86 bits per heavy atom. The fourth-order valence-corrected chi connectivity index (χ4v) is 4.43. The van der Waals surface area contributed by atoms with Crippen LogP contribution < -0.4 is 11.1 Å². The number of amides is 1. The second kappa shape index (κ2) is 9.01. The molecular weight excluding hydrogens is 394 g/mol. The molecule has 3 aromatic rings. The summed E-state index contributed by atoms with van der Waals surface area (Å²) in [5.74, 6) is -0.00720. The minimum absolute atomic E-state index is 0. The summed E-state index contributed by atoms with van der Waals surface area (Å²) in [6, 6.07) is 16.2. The first-order valence-corrected chi connectivity index (χ1v) is 10.0. The Labute approximate surface area is 174 Å². The Morgan fingerprint density at radius 3 is 2.54 bits per heavy atom. The van der Waals surface area contributed by atoms with E-state index in [2.05, 4.69) is 16.4 Å². The molecule has 0 saturated carbocycles. The Hall–Kier alpha value is -1.99. The molecule has 3 N–H and O–H groups in total. The van der Waals surface area contributed by atoms with Gasteiger partial charge in [-0.1, -0.05) is 24.3 Å². The number of para-hydroxylation sites is 1. The van der Waals surface area contributed by atoms with Gasteiger partial charge in [0.05, 0.1) is 20.6 Å². The molecule has 0 unspecified atom stereocenters. The summed E-state index contributed by atoms with van der Waals surface area (Å²) in [6.07, 6.45) is 2.13. The molecule has 2 aromatic carbocycles. The van der Waals surface area contributed by atoms with Crippen LogP contribution in [-0.2, 0) is 16.0 Å². The fraction of sp³-hybridized carbons (Fsp3) is 0.333. The van der Waals surface area contributed by atoms with Gasteiger partial charge in [-0.25, -0.2) is 4.98 Å². The molecule has 1 aromatic heterocycles. The number of anilines is 1. The van der Waals surface area contributed by atoms with Crippen molar-refractivity contribution in [3.05, 3.63) is 59.1 Å². The van der Waals surface area contributed by atoms with E-state index in [0.29, 0.717) is 32.6 Å². The first kappa shape index (κ1) is 20.7. The number of rotatable bonds is 5. The average molecular weight is 418 g/mol. The highest BCUT2D eigenvalue weighted by Crippen LogP contribution is 2.31. The van der Waals surface area contributed by atoms with E-state index in [-0.39, 0.29) is 18.3 Å². The molecule has 1 aliphatic rings. The standard InChI is InChI=1S/C21H23N3O2S.ClH/c22-14-21(9-11-26-12-10-21)20(25)23-16-7-5-15(6-8-16)13-19-24-17-3-1-2-4-18(17)27-19;/h1-8H,9-14,22H2,(H,23,25);1H. The zero-order valence-electron chi connectivity index (χ0n) is 15.5. The summed E-state index contributed by atoms with van der Waals surface area (Å²) < 4.78 is 6.59. The van der Waals surface area contributed by atoms with Crippen molar-refractivity contribution in [2.24, 2.45) is 11.1 Å². The quantitative estimate of drug-likeness (QED) is 0.657. The van der Waals surface area contributed by atoms with E-state index in [1.54, 1.807) is 11.3 Å². The lowest BCUT2D eigenvalue weighted by Gasteiger charge is -2.34. The van der Waals surface area contributed by atoms with Gasteiger partial charge in [0.2, 0.25) is 5.91 Å². The van der Waals surface area contributed by atoms with Crippen LogP contribution in [0.4, 0.5) is 5.69 Å². The third-order valence-electron chi connectivity index (χ3n) is 5.23. The van der Waals surface area contributed by atoms with E-state index < -0.39 is 5.41 Å². The van der Waals surface area contributed by atoms with E-state index in [1.807, 2.05) is 42.5 Å². The normalized spacial score (nSPS) is 15.8. The summed E-state index contributed by atoms with van der Waals surface area (Å²) >= 11 is 1.72. The zero-order valence-corrected chi connectivity index (χ0v) is 17.2. The van der Waals surface area contributed by atoms with E-state index in [4.69, 9.17) is 10.5 Å². The van der Waals surface area contributed by atoms with Crippen molar-refractivity contribution in [1.29, 1.82) is 0 Å². The number of nitrogens with zero attached hydrogens (tertiary/aromatic N) is 1. The van der Waals surface area contributed by atoms with Gasteiger partial charge in [-0.2, -0.15) is 0 Å². The van der Waals surface area contributed by atoms with Crippen molar-refractivity contribution in [2.45, 2.75) is 19.3 Å². The average Bonchev–Trinajstić information content (AvgIpc) is 3.12. The monoisotopic (exact) mass is 417 g/mol. The predicted octanol–water partition coefficient (Wildman–Crippen LogP) is 4.00. The van der Waals surface area contributed by atoms with Gasteiger partial charge in [-0.15, -0.1) is 23.7 Å². The van der Waals surface area contributed by atoms with Crippen molar-refractivity contribution in [2.75, 3.05) is 25.1 Å². The maximum atomic E-state index is 12.7. The summed E-state index contributed by atoms with van der Waals surface area (Å²) in [5, 5.41) is 4.12. The number of halogens is 1. The molecule has 2 heterocycles. The summed E-state index contributed by atoms with van der Waals surface area (Å²) in [6.45, 7) is 1.52. The van der Waals surface area contributed by atoms with Crippen LogP contribution in [0, 0.1) is 5.41 Å². The third kappa shape index (κ3) is 4.36. The second-order valence-corrected chi connectivity index (χ2v) is 8.12. The molecule has 5 nitrogen and oxygen atoms in total. The van der Waals surface area contributed by atoms with Crippen molar-refractivity contribution >= 4 is 45.6 Å². The number of nitrogens with two attached hydrogens (primary N) is 1. The van der Waals surface area contributed by atoms with Crippen molar-refractivity contribution < 1.29 is 9.53 Å². The van der Waals surface area contributed by atoms with Gasteiger partial charge >= 0.3 is 0 Å². The van der Waals surface area contributed by atoms with Gasteiger partial charge in [-0.05, 0) is 42.7 Å². The number of hydrogen-bond acceptors (Lipinski definition) is 5. The van der Waals surface area contributed by atoms with Crippen LogP contribution in [0.15, 0.2) is 48.5 Å². The van der Waals surface area contributed by atoms with Gasteiger partial charge in [-0.3, -0.25) is 4.79 Å². The number of benzene rings is 2. The van der Waals surface area contributed by atoms with Gasteiger partial charge < -0.3 is 15.8 Å². The minimum Gasteiger partial charge on any atom is -0.381 e. The molecule has 7 heteroatoms. The molecule has 1 fully saturated rings. The van der Waals surface area contributed by atoms with Crippen LogP contribution in [0.1, 0.15) is 23.4 Å². The lowest BCUT2D eigenvalue weighted by molar-refractivity contribution is -0.130. The molecule has 0 radical (unpaired) electrons. The summed E-state index contributed by atoms with van der Waals surface area (Å²) in [4.78, 5) is 17.4. The molecule has 0 aliphatic carbocycles. The predicted molar refractivity (Wildman–Crippen MR) is 116 cm³/mol. The number of aromatic nitrogens is 1. The number of fused-ring (bicyclic) bond motifs is 1. The van der Waals surface area contributed by atoms with Crippen LogP contribution in [0.5, 0.6) is 0 Å². The Bertz CT molecular complexity index is 903. The Morgan fingerprint density at radius 1 is 1.14 bits per heavy atom. The van der Waals surface area contributed by atoms with Gasteiger partial charge in [0, 0.05) is 31.9 Å². The Balaban J connectivity index is 0.00000225. The number of thiazole rings is 1. The summed E-state index contributed by atoms with van der Waals surface area (Å²) in [7, 11) is 0. The minimum atomic E-state index is -0.516. The first-order chi connectivity index (χ1) is 13.2. The summed E-state index contributed by atoms with van der Waals surface area (Å²) in [5.41, 5.74) is 8.41. The molecule has 1 aliphatic heterocycles. The lowest BCUT2D eigenvalue weighted by Crippen LogP contribution is -2.46. The molecule has 0 bridgehead atoms. The smallest absolute Gasteiger partial charge is 0.232 e. The molecule has 148 valence electrons. The largest absolute Gasteiger partial charge is 0.381 e. The van der Waals surface area contributed by atoms with Crippen LogP contribution in [0.2, 0.25) is 0 Å². The highest BCUT2D eigenvalue weighted by Gasteiger charge is 2.38. The second-order valence-electron chi connectivity index (χ2n) is 7.00. The van der Waals surface area contributed by atoms with Gasteiger partial charge in [0.15, 0.2) is 0 Å². The first-order valence-electron chi connectivity index (χ1n) is 9.21. The van der Waals surface area contributed by atoms with Crippen LogP contribution in [0.3, 0.4) is 0 Å². The molecule has 4 rings (SSSR count). The fourth-order valence-electron chi connectivity index (χ4n) is 3.43. The van der Waals surface area contributed by atoms with E-state index in [0.717, 1.165) is 22.6 Å². The maximum Gasteiger partial charge on any atom is 0.232 e. The number of hydrogen-bond donors (Lipinski definition) is 2. The molecule has 28 heavy (non-hydrogen) atoms. The SMILES string of the molecule is Cl.NCC1(C(=O)Nc2ccc(Cc3nc4ccccc4s3)cc2)CCOCC1. The third-order valence-corrected chi connectivity index (χ3v) is 6.26. The lowest BCUT2D eigenvalue weighted by atomic mass is 9.79.